The van der Waals surface area contributed by atoms with Gasteiger partial charge >= 0.3 is 0 Å². The van der Waals surface area contributed by atoms with E-state index in [1.54, 1.807) is 37.7 Å². The Labute approximate surface area is 122 Å². The Hall–Kier alpha value is -2.06. The molecule has 0 saturated heterocycles. The number of likely N-dealkylation sites (N-methyl/N-ethyl adjacent to an activating group) is 1. The van der Waals surface area contributed by atoms with Gasteiger partial charge < -0.3 is 9.47 Å². The van der Waals surface area contributed by atoms with Crippen LogP contribution >= 0.6 is 11.6 Å². The van der Waals surface area contributed by atoms with Gasteiger partial charge in [-0.05, 0) is 19.1 Å². The maximum absolute atomic E-state index is 12.2. The van der Waals surface area contributed by atoms with Gasteiger partial charge in [-0.2, -0.15) is 5.26 Å². The molecule has 20 heavy (non-hydrogen) atoms. The molecule has 0 aliphatic rings. The molecule has 0 aliphatic carbocycles. The molecule has 1 atom stereocenters. The lowest BCUT2D eigenvalue weighted by atomic mass is 10.2. The molecule has 1 heterocycles. The molecule has 1 unspecified atom stereocenters. The molecular formula is C14H15ClN4O. The maximum Gasteiger partial charge on any atom is 0.244 e. The van der Waals surface area contributed by atoms with Gasteiger partial charge in [0.2, 0.25) is 5.91 Å². The molecule has 1 amide bonds. The Morgan fingerprint density at radius 3 is 2.80 bits per heavy atom. The first kappa shape index (κ1) is 14.4. The number of aromatic nitrogens is 2. The van der Waals surface area contributed by atoms with Gasteiger partial charge in [-0.1, -0.05) is 6.07 Å². The fourth-order valence-corrected chi connectivity index (χ4v) is 2.45. The van der Waals surface area contributed by atoms with E-state index in [2.05, 4.69) is 11.1 Å². The normalized spacial score (nSPS) is 12.2. The molecule has 0 saturated carbocycles. The van der Waals surface area contributed by atoms with Crippen LogP contribution in [-0.2, 0) is 10.7 Å². The van der Waals surface area contributed by atoms with Crippen LogP contribution in [0, 0.1) is 11.3 Å². The Morgan fingerprint density at radius 1 is 1.55 bits per heavy atom. The summed E-state index contributed by atoms with van der Waals surface area (Å²) in [4.78, 5) is 18.1. The van der Waals surface area contributed by atoms with Crippen molar-refractivity contribution in [2.75, 3.05) is 14.1 Å². The minimum absolute atomic E-state index is 0.0435. The van der Waals surface area contributed by atoms with Crippen molar-refractivity contribution in [3.05, 3.63) is 29.6 Å². The van der Waals surface area contributed by atoms with Crippen molar-refractivity contribution in [3.63, 3.8) is 0 Å². The monoisotopic (exact) mass is 290 g/mol. The third kappa shape index (κ3) is 2.23. The van der Waals surface area contributed by atoms with E-state index in [1.165, 1.54) is 4.90 Å². The lowest BCUT2D eigenvalue weighted by Crippen LogP contribution is -2.30. The summed E-state index contributed by atoms with van der Waals surface area (Å²) in [5.41, 5.74) is 1.82. The summed E-state index contributed by atoms with van der Waals surface area (Å²) in [5.74, 6) is 0.731. The molecule has 5 nitrogen and oxygen atoms in total. The highest BCUT2D eigenvalue weighted by molar-refractivity contribution is 6.17. The fourth-order valence-electron chi connectivity index (χ4n) is 2.27. The molecule has 0 N–H and O–H groups in total. The van der Waals surface area contributed by atoms with E-state index in [0.717, 1.165) is 5.52 Å². The summed E-state index contributed by atoms with van der Waals surface area (Å²) in [5, 5.41) is 9.14. The van der Waals surface area contributed by atoms with Crippen LogP contribution in [0.2, 0.25) is 0 Å². The molecule has 104 valence electrons. The molecule has 0 aliphatic heterocycles. The van der Waals surface area contributed by atoms with E-state index in [1.807, 2.05) is 6.07 Å². The van der Waals surface area contributed by atoms with E-state index >= 15 is 0 Å². The van der Waals surface area contributed by atoms with Crippen molar-refractivity contribution >= 4 is 28.5 Å². The fraction of sp³-hybridized carbons (Fsp3) is 0.357. The second-order valence-electron chi connectivity index (χ2n) is 4.73. The van der Waals surface area contributed by atoms with Crippen LogP contribution in [0.1, 0.15) is 24.4 Å². The Bertz CT molecular complexity index is 699. The van der Waals surface area contributed by atoms with Gasteiger partial charge in [0.25, 0.3) is 0 Å². The number of nitrogens with zero attached hydrogens (tertiary/aromatic N) is 4. The Kier molecular flexibility index (Phi) is 3.96. The van der Waals surface area contributed by atoms with Crippen molar-refractivity contribution in [2.45, 2.75) is 18.8 Å². The first-order chi connectivity index (χ1) is 9.51. The number of benzene rings is 1. The molecule has 0 spiro atoms. The second-order valence-corrected chi connectivity index (χ2v) is 4.99. The number of para-hydroxylation sites is 1. The van der Waals surface area contributed by atoms with Gasteiger partial charge in [0.05, 0.1) is 17.0 Å². The number of hydrogen-bond donors (Lipinski definition) is 0. The summed E-state index contributed by atoms with van der Waals surface area (Å²) >= 11 is 5.94. The third-order valence-electron chi connectivity index (χ3n) is 3.22. The summed E-state index contributed by atoms with van der Waals surface area (Å²) in [6, 6.07) is 7.02. The van der Waals surface area contributed by atoms with Crippen LogP contribution < -0.4 is 0 Å². The highest BCUT2D eigenvalue weighted by atomic mass is 35.5. The average molecular weight is 291 g/mol. The van der Waals surface area contributed by atoms with E-state index in [0.29, 0.717) is 16.9 Å². The van der Waals surface area contributed by atoms with Crippen LogP contribution in [0.15, 0.2) is 18.2 Å². The summed E-state index contributed by atoms with van der Waals surface area (Å²) in [7, 11) is 3.41. The molecule has 0 fully saturated rings. The molecule has 0 bridgehead atoms. The van der Waals surface area contributed by atoms with Crippen LogP contribution in [0.5, 0.6) is 0 Å². The highest BCUT2D eigenvalue weighted by Crippen LogP contribution is 2.25. The highest BCUT2D eigenvalue weighted by Gasteiger charge is 2.23. The summed E-state index contributed by atoms with van der Waals surface area (Å²) < 4.78 is 1.80. The average Bonchev–Trinajstić information content (AvgIpc) is 2.83. The SMILES string of the molecule is CC(C(=O)N(C)C)n1c(CCl)nc2c(C#N)cccc21. The largest absolute Gasteiger partial charge is 0.347 e. The van der Waals surface area contributed by atoms with E-state index in [-0.39, 0.29) is 11.8 Å². The van der Waals surface area contributed by atoms with Crippen molar-refractivity contribution in [1.29, 1.82) is 5.26 Å². The quantitative estimate of drug-likeness (QED) is 0.815. The van der Waals surface area contributed by atoms with Gasteiger partial charge in [-0.15, -0.1) is 11.6 Å². The van der Waals surface area contributed by atoms with Crippen molar-refractivity contribution in [3.8, 4) is 6.07 Å². The van der Waals surface area contributed by atoms with Crippen molar-refractivity contribution < 1.29 is 4.79 Å². The number of hydrogen-bond acceptors (Lipinski definition) is 3. The molecule has 2 aromatic rings. The second kappa shape index (κ2) is 5.51. The Balaban J connectivity index is 2.69. The minimum Gasteiger partial charge on any atom is -0.347 e. The van der Waals surface area contributed by atoms with E-state index in [9.17, 15) is 4.79 Å². The number of alkyl halides is 1. The summed E-state index contributed by atoms with van der Waals surface area (Å²) in [6.45, 7) is 1.80. The topological polar surface area (TPSA) is 61.9 Å². The molecule has 1 aromatic heterocycles. The molecule has 0 radical (unpaired) electrons. The maximum atomic E-state index is 12.2. The number of carbonyl (C=O) groups excluding carboxylic acids is 1. The minimum atomic E-state index is -0.419. The van der Waals surface area contributed by atoms with Gasteiger partial charge in [0, 0.05) is 14.1 Å². The van der Waals surface area contributed by atoms with Gasteiger partial charge in [0.1, 0.15) is 23.5 Å². The number of nitriles is 1. The van der Waals surface area contributed by atoms with Crippen molar-refractivity contribution in [1.82, 2.24) is 14.5 Å². The lowest BCUT2D eigenvalue weighted by molar-refractivity contribution is -0.131. The Morgan fingerprint density at radius 2 is 2.25 bits per heavy atom. The molecular weight excluding hydrogens is 276 g/mol. The number of fused-ring (bicyclic) bond motifs is 1. The number of rotatable bonds is 3. The van der Waals surface area contributed by atoms with Gasteiger partial charge in [0.15, 0.2) is 0 Å². The molecule has 6 heteroatoms. The first-order valence-corrected chi connectivity index (χ1v) is 6.71. The van der Waals surface area contributed by atoms with Gasteiger partial charge in [-0.3, -0.25) is 4.79 Å². The lowest BCUT2D eigenvalue weighted by Gasteiger charge is -2.20. The van der Waals surface area contributed by atoms with Crippen LogP contribution in [0.3, 0.4) is 0 Å². The molecule has 2 rings (SSSR count). The van der Waals surface area contributed by atoms with Crippen molar-refractivity contribution in [2.24, 2.45) is 0 Å². The summed E-state index contributed by atoms with van der Waals surface area (Å²) in [6.07, 6.45) is 0. The molecule has 1 aromatic carbocycles. The van der Waals surface area contributed by atoms with E-state index in [4.69, 9.17) is 16.9 Å². The van der Waals surface area contributed by atoms with Crippen LogP contribution in [0.4, 0.5) is 0 Å². The standard InChI is InChI=1S/C14H15ClN4O/c1-9(14(20)18(2)3)19-11-6-4-5-10(8-16)13(11)17-12(19)7-15/h4-6,9H,7H2,1-3H3. The number of halogens is 1. The number of carbonyl (C=O) groups is 1. The third-order valence-corrected chi connectivity index (χ3v) is 3.46. The zero-order chi connectivity index (χ0) is 14.9. The van der Waals surface area contributed by atoms with Crippen LogP contribution in [-0.4, -0.2) is 34.5 Å². The predicted octanol–water partition coefficient (Wildman–Crippen LogP) is 2.30. The zero-order valence-corrected chi connectivity index (χ0v) is 12.3. The number of amides is 1. The first-order valence-electron chi connectivity index (χ1n) is 6.18. The number of imidazole rings is 1. The zero-order valence-electron chi connectivity index (χ0n) is 11.6. The smallest absolute Gasteiger partial charge is 0.244 e. The van der Waals surface area contributed by atoms with Gasteiger partial charge in [-0.25, -0.2) is 4.98 Å². The predicted molar refractivity (Wildman–Crippen MR) is 77.4 cm³/mol. The van der Waals surface area contributed by atoms with Crippen LogP contribution in [0.25, 0.3) is 11.0 Å². The van der Waals surface area contributed by atoms with E-state index < -0.39 is 6.04 Å².